The van der Waals surface area contributed by atoms with Crippen molar-refractivity contribution in [2.45, 2.75) is 19.1 Å². The Labute approximate surface area is 174 Å². The molecule has 3 aromatic carbocycles. The van der Waals surface area contributed by atoms with Gasteiger partial charge in [0.2, 0.25) is 0 Å². The lowest BCUT2D eigenvalue weighted by molar-refractivity contribution is -0.0769. The van der Waals surface area contributed by atoms with E-state index in [0.717, 1.165) is 32.3 Å². The van der Waals surface area contributed by atoms with Gasteiger partial charge in [-0.15, -0.1) is 0 Å². The van der Waals surface area contributed by atoms with Crippen LogP contribution in [0.2, 0.25) is 0 Å². The fourth-order valence-electron chi connectivity index (χ4n) is 3.20. The summed E-state index contributed by atoms with van der Waals surface area (Å²) in [6, 6.07) is 25.6. The second kappa shape index (κ2) is 9.69. The van der Waals surface area contributed by atoms with Crippen molar-refractivity contribution in [3.05, 3.63) is 100 Å². The molecule has 3 rings (SSSR count). The van der Waals surface area contributed by atoms with Crippen molar-refractivity contribution in [1.82, 2.24) is 0 Å². The molecule has 0 aliphatic heterocycles. The molecule has 0 fully saturated rings. The quantitative estimate of drug-likeness (QED) is 0.358. The van der Waals surface area contributed by atoms with Crippen molar-refractivity contribution in [2.75, 3.05) is 7.11 Å². The maximum Gasteiger partial charge on any atom is 0.154 e. The van der Waals surface area contributed by atoms with Crippen molar-refractivity contribution in [1.29, 1.82) is 0 Å². The van der Waals surface area contributed by atoms with Crippen LogP contribution in [-0.4, -0.2) is 23.6 Å². The van der Waals surface area contributed by atoms with Gasteiger partial charge in [0.05, 0.1) is 0 Å². The second-order valence-corrected chi connectivity index (χ2v) is 7.42. The molecular weight excluding hydrogens is 416 g/mol. The predicted octanol–water partition coefficient (Wildman–Crippen LogP) is 5.86. The Morgan fingerprint density at radius 2 is 1.43 bits per heavy atom. The van der Waals surface area contributed by atoms with E-state index in [1.807, 2.05) is 42.5 Å². The number of halogens is 1. The van der Waals surface area contributed by atoms with Crippen molar-refractivity contribution in [2.24, 2.45) is 0 Å². The number of benzene rings is 3. The third-order valence-corrected chi connectivity index (χ3v) is 5.15. The molecule has 28 heavy (non-hydrogen) atoms. The number of aliphatic hydroxyl groups is 1. The summed E-state index contributed by atoms with van der Waals surface area (Å²) in [5, 5.41) is 19.7. The number of phenols is 1. The highest BCUT2D eigenvalue weighted by Crippen LogP contribution is 2.36. The van der Waals surface area contributed by atoms with Crippen LogP contribution in [0.1, 0.15) is 29.5 Å². The zero-order valence-electron chi connectivity index (χ0n) is 15.7. The van der Waals surface area contributed by atoms with E-state index < -0.39 is 6.29 Å². The SMILES string of the molecule is COC(O)CC/C(=C(/c1ccc(O)cc1)c1ccc(Br)cc1)c1ccccc1. The molecule has 0 aromatic heterocycles. The van der Waals surface area contributed by atoms with Gasteiger partial charge in [-0.3, -0.25) is 0 Å². The summed E-state index contributed by atoms with van der Waals surface area (Å²) in [5.41, 5.74) is 5.36. The average molecular weight is 439 g/mol. The molecular formula is C24H23BrO3. The molecule has 1 atom stereocenters. The summed E-state index contributed by atoms with van der Waals surface area (Å²) in [6.07, 6.45) is 0.314. The zero-order chi connectivity index (χ0) is 19.9. The maximum absolute atomic E-state index is 9.97. The minimum absolute atomic E-state index is 0.231. The van der Waals surface area contributed by atoms with Crippen molar-refractivity contribution < 1.29 is 14.9 Å². The van der Waals surface area contributed by atoms with Gasteiger partial charge >= 0.3 is 0 Å². The van der Waals surface area contributed by atoms with E-state index >= 15 is 0 Å². The number of hydrogen-bond acceptors (Lipinski definition) is 3. The first-order chi connectivity index (χ1) is 13.6. The zero-order valence-corrected chi connectivity index (χ0v) is 17.3. The Morgan fingerprint density at radius 1 is 0.857 bits per heavy atom. The number of aliphatic hydroxyl groups excluding tert-OH is 1. The molecule has 4 heteroatoms. The molecule has 0 saturated heterocycles. The first kappa shape index (κ1) is 20.3. The Morgan fingerprint density at radius 3 is 2.00 bits per heavy atom. The lowest BCUT2D eigenvalue weighted by Gasteiger charge is -2.19. The van der Waals surface area contributed by atoms with Gasteiger partial charge in [0.1, 0.15) is 5.75 Å². The monoisotopic (exact) mass is 438 g/mol. The van der Waals surface area contributed by atoms with E-state index in [1.165, 1.54) is 7.11 Å². The summed E-state index contributed by atoms with van der Waals surface area (Å²) in [6.45, 7) is 0. The topological polar surface area (TPSA) is 49.7 Å². The number of aromatic hydroxyl groups is 1. The maximum atomic E-state index is 9.97. The van der Waals surface area contributed by atoms with E-state index in [2.05, 4.69) is 40.2 Å². The Hall–Kier alpha value is -2.40. The van der Waals surface area contributed by atoms with Crippen LogP contribution in [0.3, 0.4) is 0 Å². The second-order valence-electron chi connectivity index (χ2n) is 6.50. The van der Waals surface area contributed by atoms with Gasteiger partial charge in [0.25, 0.3) is 0 Å². The molecule has 3 aromatic rings. The van der Waals surface area contributed by atoms with E-state index in [4.69, 9.17) is 4.74 Å². The molecule has 0 bridgehead atoms. The largest absolute Gasteiger partial charge is 0.508 e. The first-order valence-electron chi connectivity index (χ1n) is 9.13. The summed E-state index contributed by atoms with van der Waals surface area (Å²) in [7, 11) is 1.51. The molecule has 2 N–H and O–H groups in total. The van der Waals surface area contributed by atoms with Gasteiger partial charge in [0, 0.05) is 18.0 Å². The summed E-state index contributed by atoms with van der Waals surface area (Å²) >= 11 is 3.50. The average Bonchev–Trinajstić information content (AvgIpc) is 2.73. The van der Waals surface area contributed by atoms with Crippen LogP contribution in [0.15, 0.2) is 83.3 Å². The van der Waals surface area contributed by atoms with Gasteiger partial charge in [-0.1, -0.05) is 70.5 Å². The lowest BCUT2D eigenvalue weighted by Crippen LogP contribution is -2.09. The molecule has 0 aliphatic rings. The van der Waals surface area contributed by atoms with E-state index in [9.17, 15) is 10.2 Å². The number of hydrogen-bond donors (Lipinski definition) is 2. The van der Waals surface area contributed by atoms with Crippen LogP contribution in [0.25, 0.3) is 11.1 Å². The third-order valence-electron chi connectivity index (χ3n) is 4.63. The Bertz CT molecular complexity index is 869. The Balaban J connectivity index is 2.21. The predicted molar refractivity (Wildman–Crippen MR) is 117 cm³/mol. The summed E-state index contributed by atoms with van der Waals surface area (Å²) < 4.78 is 6.06. The fraction of sp³-hybridized carbons (Fsp3) is 0.167. The fourth-order valence-corrected chi connectivity index (χ4v) is 3.46. The molecule has 1 unspecified atom stereocenters. The van der Waals surface area contributed by atoms with E-state index in [1.54, 1.807) is 12.1 Å². The molecule has 3 nitrogen and oxygen atoms in total. The highest BCUT2D eigenvalue weighted by molar-refractivity contribution is 9.10. The normalized spacial score (nSPS) is 13.1. The number of allylic oxidation sites excluding steroid dienone is 1. The molecule has 0 heterocycles. The smallest absolute Gasteiger partial charge is 0.154 e. The first-order valence-corrected chi connectivity index (χ1v) is 9.92. The molecule has 0 radical (unpaired) electrons. The molecule has 0 aliphatic carbocycles. The van der Waals surface area contributed by atoms with Crippen LogP contribution < -0.4 is 0 Å². The lowest BCUT2D eigenvalue weighted by atomic mass is 9.87. The minimum Gasteiger partial charge on any atom is -0.508 e. The van der Waals surface area contributed by atoms with Crippen LogP contribution in [0, 0.1) is 0 Å². The van der Waals surface area contributed by atoms with E-state index in [-0.39, 0.29) is 5.75 Å². The molecule has 0 amide bonds. The summed E-state index contributed by atoms with van der Waals surface area (Å²) in [4.78, 5) is 0. The molecule has 0 saturated carbocycles. The molecule has 144 valence electrons. The van der Waals surface area contributed by atoms with Gasteiger partial charge in [0.15, 0.2) is 6.29 Å². The number of rotatable bonds is 7. The van der Waals surface area contributed by atoms with Gasteiger partial charge in [-0.05, 0) is 58.5 Å². The van der Waals surface area contributed by atoms with Gasteiger partial charge in [-0.25, -0.2) is 0 Å². The van der Waals surface area contributed by atoms with Crippen LogP contribution in [0.4, 0.5) is 0 Å². The number of phenolic OH excluding ortho intramolecular Hbond substituents is 1. The molecule has 0 spiro atoms. The highest BCUT2D eigenvalue weighted by atomic mass is 79.9. The van der Waals surface area contributed by atoms with E-state index in [0.29, 0.717) is 12.8 Å². The van der Waals surface area contributed by atoms with Crippen LogP contribution >= 0.6 is 15.9 Å². The number of methoxy groups -OCH3 is 1. The standard InChI is InChI=1S/C24H23BrO3/c1-28-23(27)16-15-22(17-5-3-2-4-6-17)24(18-7-11-20(25)12-8-18)19-9-13-21(26)14-10-19/h2-14,23,26-27H,15-16H2,1H3/b24-22-. The van der Waals surface area contributed by atoms with Crippen molar-refractivity contribution in [3.8, 4) is 5.75 Å². The van der Waals surface area contributed by atoms with Crippen molar-refractivity contribution >= 4 is 27.1 Å². The summed E-state index contributed by atoms with van der Waals surface area (Å²) in [5.74, 6) is 0.231. The van der Waals surface area contributed by atoms with Crippen LogP contribution in [-0.2, 0) is 4.74 Å². The van der Waals surface area contributed by atoms with Gasteiger partial charge < -0.3 is 14.9 Å². The highest BCUT2D eigenvalue weighted by Gasteiger charge is 2.16. The van der Waals surface area contributed by atoms with Gasteiger partial charge in [-0.2, -0.15) is 0 Å². The minimum atomic E-state index is -0.815. The Kier molecular flexibility index (Phi) is 7.04. The number of ether oxygens (including phenoxy) is 1. The third kappa shape index (κ3) is 5.10. The van der Waals surface area contributed by atoms with Crippen molar-refractivity contribution in [3.63, 3.8) is 0 Å². The van der Waals surface area contributed by atoms with Crippen LogP contribution in [0.5, 0.6) is 5.75 Å².